The maximum atomic E-state index is 11.0. The topological polar surface area (TPSA) is 81.3 Å². The van der Waals surface area contributed by atoms with Crippen LogP contribution >= 0.6 is 0 Å². The van der Waals surface area contributed by atoms with E-state index in [2.05, 4.69) is 0 Å². The zero-order valence-corrected chi connectivity index (χ0v) is 10.9. The largest absolute Gasteiger partial charge is 0.545 e. The first-order chi connectivity index (χ1) is 9.47. The van der Waals surface area contributed by atoms with Gasteiger partial charge in [0.25, 0.3) is 0 Å². The van der Waals surface area contributed by atoms with Gasteiger partial charge in [-0.2, -0.15) is 4.57 Å². The number of benzene rings is 1. The van der Waals surface area contributed by atoms with Crippen LogP contribution in [0.4, 0.5) is 0 Å². The van der Waals surface area contributed by atoms with Gasteiger partial charge < -0.3 is 15.0 Å². The molecule has 5 heteroatoms. The molecule has 1 aromatic carbocycles. The van der Waals surface area contributed by atoms with Crippen LogP contribution in [0.2, 0.25) is 0 Å². The number of carboxylic acid groups (broad SMARTS) is 2. The van der Waals surface area contributed by atoms with Crippen LogP contribution in [0.1, 0.15) is 32.0 Å². The molecule has 0 amide bonds. The summed E-state index contributed by atoms with van der Waals surface area (Å²) in [5.74, 6) is -2.20. The molecule has 1 aromatic heterocycles. The molecule has 0 aliphatic carbocycles. The molecule has 0 unspecified atom stereocenters. The Bertz CT molecular complexity index is 662. The van der Waals surface area contributed by atoms with Gasteiger partial charge in [0.2, 0.25) is 0 Å². The highest BCUT2D eigenvalue weighted by atomic mass is 16.4. The van der Waals surface area contributed by atoms with Crippen LogP contribution < -0.4 is 9.67 Å². The van der Waals surface area contributed by atoms with E-state index >= 15 is 0 Å². The minimum Gasteiger partial charge on any atom is -0.545 e. The molecule has 2 aromatic rings. The summed E-state index contributed by atoms with van der Waals surface area (Å²) in [6.07, 6.45) is 1.56. The third-order valence-electron chi connectivity index (χ3n) is 3.04. The molecule has 102 valence electrons. The van der Waals surface area contributed by atoms with E-state index in [-0.39, 0.29) is 11.1 Å². The standard InChI is InChI=1S/C15H13NO4/c1-10-2-5-13(15(19)20)9-16(10)8-11-3-6-12(7-4-11)14(17)18/h2-7,9H,8H2,1H3,(H-,17,18,19,20). The Balaban J connectivity index is 2.27. The van der Waals surface area contributed by atoms with Crippen molar-refractivity contribution in [1.82, 2.24) is 0 Å². The molecule has 1 heterocycles. The summed E-state index contributed by atoms with van der Waals surface area (Å²) >= 11 is 0. The van der Waals surface area contributed by atoms with Crippen LogP contribution in [0.25, 0.3) is 0 Å². The zero-order chi connectivity index (χ0) is 14.7. The summed E-state index contributed by atoms with van der Waals surface area (Å²) in [6, 6.07) is 9.60. The fourth-order valence-electron chi connectivity index (χ4n) is 1.86. The second-order valence-electron chi connectivity index (χ2n) is 4.48. The van der Waals surface area contributed by atoms with Gasteiger partial charge in [0.15, 0.2) is 18.4 Å². The number of rotatable bonds is 4. The first-order valence-corrected chi connectivity index (χ1v) is 6.01. The summed E-state index contributed by atoms with van der Waals surface area (Å²) in [5.41, 5.74) is 2.13. The van der Waals surface area contributed by atoms with E-state index in [0.717, 1.165) is 11.3 Å². The van der Waals surface area contributed by atoms with Gasteiger partial charge in [-0.15, -0.1) is 0 Å². The van der Waals surface area contributed by atoms with Crippen molar-refractivity contribution in [1.29, 1.82) is 0 Å². The summed E-state index contributed by atoms with van der Waals surface area (Å²) in [4.78, 5) is 21.6. The molecule has 0 saturated carbocycles. The molecule has 5 nitrogen and oxygen atoms in total. The molecule has 20 heavy (non-hydrogen) atoms. The van der Waals surface area contributed by atoms with Crippen molar-refractivity contribution in [2.24, 2.45) is 0 Å². The second kappa shape index (κ2) is 5.52. The predicted octanol–water partition coefficient (Wildman–Crippen LogP) is 0.393. The molecule has 0 bridgehead atoms. The smallest absolute Gasteiger partial charge is 0.341 e. The SMILES string of the molecule is Cc1ccc(C(=O)O)c[n+]1Cc1ccc(C(=O)[O-])cc1. The maximum absolute atomic E-state index is 11.0. The lowest BCUT2D eigenvalue weighted by molar-refractivity contribution is -0.694. The predicted molar refractivity (Wildman–Crippen MR) is 68.2 cm³/mol. The lowest BCUT2D eigenvalue weighted by Crippen LogP contribution is -2.38. The van der Waals surface area contributed by atoms with Crippen LogP contribution in [0.15, 0.2) is 42.6 Å². The van der Waals surface area contributed by atoms with Crippen LogP contribution in [0, 0.1) is 6.92 Å². The maximum Gasteiger partial charge on any atom is 0.341 e. The van der Waals surface area contributed by atoms with E-state index in [1.165, 1.54) is 12.1 Å². The zero-order valence-electron chi connectivity index (χ0n) is 10.9. The summed E-state index contributed by atoms with van der Waals surface area (Å²) in [7, 11) is 0. The van der Waals surface area contributed by atoms with Crippen molar-refractivity contribution in [2.45, 2.75) is 13.5 Å². The number of hydrogen-bond acceptors (Lipinski definition) is 3. The van der Waals surface area contributed by atoms with Gasteiger partial charge in [0, 0.05) is 18.6 Å². The van der Waals surface area contributed by atoms with E-state index in [1.807, 2.05) is 6.92 Å². The molecular formula is C15H13NO4. The van der Waals surface area contributed by atoms with Crippen LogP contribution in [0.3, 0.4) is 0 Å². The fourth-order valence-corrected chi connectivity index (χ4v) is 1.86. The molecule has 0 radical (unpaired) electrons. The Kier molecular flexibility index (Phi) is 3.79. The second-order valence-corrected chi connectivity index (χ2v) is 4.48. The average molecular weight is 271 g/mol. The van der Waals surface area contributed by atoms with E-state index in [9.17, 15) is 14.7 Å². The van der Waals surface area contributed by atoms with E-state index in [4.69, 9.17) is 5.11 Å². The van der Waals surface area contributed by atoms with Crippen molar-refractivity contribution >= 4 is 11.9 Å². The number of carbonyl (C=O) groups is 2. The van der Waals surface area contributed by atoms with Gasteiger partial charge in [-0.1, -0.05) is 24.3 Å². The van der Waals surface area contributed by atoms with Gasteiger partial charge in [-0.05, 0) is 11.6 Å². The van der Waals surface area contributed by atoms with Crippen LogP contribution in [0.5, 0.6) is 0 Å². The molecule has 0 aliphatic heterocycles. The Morgan fingerprint density at radius 3 is 2.25 bits per heavy atom. The molecule has 0 spiro atoms. The van der Waals surface area contributed by atoms with Gasteiger partial charge in [0.05, 0.1) is 5.97 Å². The van der Waals surface area contributed by atoms with Gasteiger partial charge in [-0.25, -0.2) is 4.79 Å². The number of aryl methyl sites for hydroxylation is 1. The molecule has 0 atom stereocenters. The Morgan fingerprint density at radius 2 is 1.70 bits per heavy atom. The number of carbonyl (C=O) groups excluding carboxylic acids is 1. The molecule has 0 saturated heterocycles. The number of pyridine rings is 1. The fraction of sp³-hybridized carbons (Fsp3) is 0.133. The van der Waals surface area contributed by atoms with Crippen molar-refractivity contribution < 1.29 is 24.4 Å². The lowest BCUT2D eigenvalue weighted by Gasteiger charge is -2.05. The van der Waals surface area contributed by atoms with Crippen LogP contribution in [-0.4, -0.2) is 17.0 Å². The molecule has 2 rings (SSSR count). The van der Waals surface area contributed by atoms with E-state index < -0.39 is 11.9 Å². The van der Waals surface area contributed by atoms with Crippen LogP contribution in [-0.2, 0) is 6.54 Å². The Labute approximate surface area is 115 Å². The quantitative estimate of drug-likeness (QED) is 0.816. The summed E-state index contributed by atoms with van der Waals surface area (Å²) in [6.45, 7) is 2.35. The summed E-state index contributed by atoms with van der Waals surface area (Å²) < 4.78 is 1.80. The number of carboxylic acids is 2. The Morgan fingerprint density at radius 1 is 1.10 bits per heavy atom. The summed E-state index contributed by atoms with van der Waals surface area (Å²) in [5, 5.41) is 19.6. The number of hydrogen-bond donors (Lipinski definition) is 1. The lowest BCUT2D eigenvalue weighted by atomic mass is 10.1. The number of aromatic carboxylic acids is 2. The van der Waals surface area contributed by atoms with Crippen molar-refractivity contribution in [2.75, 3.05) is 0 Å². The highest BCUT2D eigenvalue weighted by Gasteiger charge is 2.13. The average Bonchev–Trinajstić information content (AvgIpc) is 2.41. The minimum atomic E-state index is -1.21. The number of aromatic nitrogens is 1. The molecule has 1 N–H and O–H groups in total. The van der Waals surface area contributed by atoms with E-state index in [0.29, 0.717) is 6.54 Å². The minimum absolute atomic E-state index is 0.120. The first-order valence-electron chi connectivity index (χ1n) is 6.01. The van der Waals surface area contributed by atoms with Crippen molar-refractivity contribution in [3.05, 3.63) is 65.0 Å². The highest BCUT2D eigenvalue weighted by Crippen LogP contribution is 2.05. The van der Waals surface area contributed by atoms with E-state index in [1.54, 1.807) is 35.0 Å². The van der Waals surface area contributed by atoms with Crippen molar-refractivity contribution in [3.63, 3.8) is 0 Å². The highest BCUT2D eigenvalue weighted by molar-refractivity contribution is 5.86. The molecular weight excluding hydrogens is 258 g/mol. The Hall–Kier alpha value is -2.69. The first kappa shape index (κ1) is 13.7. The third kappa shape index (κ3) is 3.00. The third-order valence-corrected chi connectivity index (χ3v) is 3.04. The monoisotopic (exact) mass is 271 g/mol. The molecule has 0 aliphatic rings. The van der Waals surface area contributed by atoms with Crippen molar-refractivity contribution in [3.8, 4) is 0 Å². The molecule has 0 fully saturated rings. The van der Waals surface area contributed by atoms with Gasteiger partial charge in [0.1, 0.15) is 5.56 Å². The van der Waals surface area contributed by atoms with Gasteiger partial charge >= 0.3 is 5.97 Å². The normalized spacial score (nSPS) is 10.2. The number of nitrogens with zero attached hydrogens (tertiary/aromatic N) is 1. The van der Waals surface area contributed by atoms with Gasteiger partial charge in [-0.3, -0.25) is 0 Å².